The first-order chi connectivity index (χ1) is 10.6. The lowest BCUT2D eigenvalue weighted by Crippen LogP contribution is -2.33. The molecule has 2 rings (SSSR count). The second-order valence-electron chi connectivity index (χ2n) is 5.40. The largest absolute Gasteiger partial charge is 0.352 e. The molecule has 1 saturated heterocycles. The summed E-state index contributed by atoms with van der Waals surface area (Å²) in [6.45, 7) is 2.68. The highest BCUT2D eigenvalue weighted by Gasteiger charge is 2.17. The van der Waals surface area contributed by atoms with Gasteiger partial charge in [0.25, 0.3) is 11.6 Å². The van der Waals surface area contributed by atoms with Crippen LogP contribution < -0.4 is 10.6 Å². The van der Waals surface area contributed by atoms with Crippen molar-refractivity contribution >= 4 is 35.8 Å². The number of nitro groups is 1. The number of amides is 1. The van der Waals surface area contributed by atoms with E-state index in [0.717, 1.165) is 19.5 Å². The van der Waals surface area contributed by atoms with Crippen molar-refractivity contribution in [2.45, 2.75) is 24.2 Å². The van der Waals surface area contributed by atoms with Crippen LogP contribution in [0.15, 0.2) is 23.1 Å². The molecule has 1 atom stereocenters. The van der Waals surface area contributed by atoms with E-state index in [2.05, 4.69) is 10.6 Å². The maximum absolute atomic E-state index is 12.1. The SMILES string of the molecule is CSc1ccc(C(=O)NCCC2CCCNC2)cc1[N+](=O)[O-].Cl. The van der Waals surface area contributed by atoms with Crippen molar-refractivity contribution in [3.05, 3.63) is 33.9 Å². The van der Waals surface area contributed by atoms with Gasteiger partial charge in [-0.3, -0.25) is 14.9 Å². The number of hydrogen-bond donors (Lipinski definition) is 2. The Morgan fingerprint density at radius 2 is 2.30 bits per heavy atom. The van der Waals surface area contributed by atoms with Gasteiger partial charge in [-0.15, -0.1) is 24.2 Å². The fourth-order valence-corrected chi connectivity index (χ4v) is 3.18. The highest BCUT2D eigenvalue weighted by atomic mass is 35.5. The Kier molecular flexibility index (Phi) is 8.36. The van der Waals surface area contributed by atoms with Crippen LogP contribution in [0.3, 0.4) is 0 Å². The van der Waals surface area contributed by atoms with E-state index < -0.39 is 4.92 Å². The lowest BCUT2D eigenvalue weighted by atomic mass is 9.96. The molecule has 23 heavy (non-hydrogen) atoms. The topological polar surface area (TPSA) is 84.3 Å². The van der Waals surface area contributed by atoms with Gasteiger partial charge in [0.05, 0.1) is 9.82 Å². The van der Waals surface area contributed by atoms with Crippen LogP contribution in [-0.2, 0) is 0 Å². The molecule has 1 unspecified atom stereocenters. The van der Waals surface area contributed by atoms with Gasteiger partial charge in [0.1, 0.15) is 0 Å². The second-order valence-corrected chi connectivity index (χ2v) is 6.25. The van der Waals surface area contributed by atoms with Crippen LogP contribution in [0.25, 0.3) is 0 Å². The molecule has 8 heteroatoms. The quantitative estimate of drug-likeness (QED) is 0.463. The minimum atomic E-state index is -0.448. The van der Waals surface area contributed by atoms with Gasteiger partial charge in [-0.2, -0.15) is 0 Å². The first-order valence-electron chi connectivity index (χ1n) is 7.43. The van der Waals surface area contributed by atoms with Gasteiger partial charge in [0, 0.05) is 18.2 Å². The first kappa shape index (κ1) is 19.7. The normalized spacial score (nSPS) is 17.2. The van der Waals surface area contributed by atoms with Crippen molar-refractivity contribution < 1.29 is 9.72 Å². The molecule has 6 nitrogen and oxygen atoms in total. The minimum absolute atomic E-state index is 0. The average Bonchev–Trinajstić information content (AvgIpc) is 2.55. The van der Waals surface area contributed by atoms with Crippen molar-refractivity contribution in [1.29, 1.82) is 0 Å². The molecule has 1 amide bonds. The van der Waals surface area contributed by atoms with Gasteiger partial charge in [-0.25, -0.2) is 0 Å². The van der Waals surface area contributed by atoms with Gasteiger partial charge in [0.15, 0.2) is 0 Å². The molecule has 0 radical (unpaired) electrons. The Balaban J connectivity index is 0.00000264. The molecule has 1 fully saturated rings. The van der Waals surface area contributed by atoms with Gasteiger partial charge in [-0.05, 0) is 56.7 Å². The minimum Gasteiger partial charge on any atom is -0.352 e. The van der Waals surface area contributed by atoms with Crippen LogP contribution in [0.5, 0.6) is 0 Å². The van der Waals surface area contributed by atoms with E-state index in [1.807, 2.05) is 0 Å². The van der Waals surface area contributed by atoms with Crippen molar-refractivity contribution in [2.24, 2.45) is 5.92 Å². The molecule has 2 N–H and O–H groups in total. The average molecular weight is 360 g/mol. The zero-order valence-electron chi connectivity index (χ0n) is 13.0. The fourth-order valence-electron chi connectivity index (χ4n) is 2.64. The van der Waals surface area contributed by atoms with Crippen LogP contribution in [0.4, 0.5) is 5.69 Å². The van der Waals surface area contributed by atoms with Gasteiger partial charge in [-0.1, -0.05) is 0 Å². The number of carbonyl (C=O) groups excluding carboxylic acids is 1. The van der Waals surface area contributed by atoms with Crippen LogP contribution in [0.1, 0.15) is 29.6 Å². The van der Waals surface area contributed by atoms with Gasteiger partial charge in [0.2, 0.25) is 0 Å². The molecule has 0 spiro atoms. The van der Waals surface area contributed by atoms with Gasteiger partial charge < -0.3 is 10.6 Å². The summed E-state index contributed by atoms with van der Waals surface area (Å²) >= 11 is 1.30. The number of benzene rings is 1. The third kappa shape index (κ3) is 5.67. The summed E-state index contributed by atoms with van der Waals surface area (Å²) in [6, 6.07) is 4.61. The molecule has 0 aliphatic carbocycles. The number of nitrogens with one attached hydrogen (secondary N) is 2. The predicted octanol–water partition coefficient (Wildman–Crippen LogP) is 2.86. The molecule has 1 aromatic carbocycles. The predicted molar refractivity (Wildman–Crippen MR) is 94.7 cm³/mol. The lowest BCUT2D eigenvalue weighted by molar-refractivity contribution is -0.387. The number of piperidine rings is 1. The summed E-state index contributed by atoms with van der Waals surface area (Å²) in [5, 5.41) is 17.2. The standard InChI is InChI=1S/C15H21N3O3S.ClH/c1-22-14-5-4-12(9-13(14)18(20)21)15(19)17-8-6-11-3-2-7-16-10-11;/h4-5,9,11,16H,2-3,6-8,10H2,1H3,(H,17,19);1H. The monoisotopic (exact) mass is 359 g/mol. The van der Waals surface area contributed by atoms with Crippen LogP contribution >= 0.6 is 24.2 Å². The third-order valence-corrected chi connectivity index (χ3v) is 4.66. The smallest absolute Gasteiger partial charge is 0.283 e. The maximum Gasteiger partial charge on any atom is 0.283 e. The van der Waals surface area contributed by atoms with E-state index in [-0.39, 0.29) is 24.0 Å². The summed E-state index contributed by atoms with van der Waals surface area (Å²) in [4.78, 5) is 23.3. The fraction of sp³-hybridized carbons (Fsp3) is 0.533. The molecule has 1 aliphatic rings. The Morgan fingerprint density at radius 1 is 1.52 bits per heavy atom. The first-order valence-corrected chi connectivity index (χ1v) is 8.65. The van der Waals surface area contributed by atoms with Crippen molar-refractivity contribution in [3.8, 4) is 0 Å². The molecule has 0 saturated carbocycles. The highest BCUT2D eigenvalue weighted by Crippen LogP contribution is 2.28. The third-order valence-electron chi connectivity index (χ3n) is 3.87. The van der Waals surface area contributed by atoms with E-state index >= 15 is 0 Å². The van der Waals surface area contributed by atoms with E-state index in [1.165, 1.54) is 30.7 Å². The summed E-state index contributed by atoms with van der Waals surface area (Å²) in [6.07, 6.45) is 5.09. The van der Waals surface area contributed by atoms with Crippen LogP contribution in [-0.4, -0.2) is 36.7 Å². The second kappa shape index (κ2) is 9.75. The summed E-state index contributed by atoms with van der Waals surface area (Å²) in [5.74, 6) is 0.349. The Bertz CT molecular complexity index is 551. The molecular formula is C15H22ClN3O3S. The number of thioether (sulfide) groups is 1. The molecule has 1 aliphatic heterocycles. The summed E-state index contributed by atoms with van der Waals surface area (Å²) < 4.78 is 0. The van der Waals surface area contributed by atoms with E-state index in [4.69, 9.17) is 0 Å². The Labute approximate surface area is 146 Å². The Hall–Kier alpha value is -1.31. The number of carbonyl (C=O) groups is 1. The van der Waals surface area contributed by atoms with Gasteiger partial charge >= 0.3 is 0 Å². The van der Waals surface area contributed by atoms with Crippen LogP contribution in [0.2, 0.25) is 0 Å². The Morgan fingerprint density at radius 3 is 2.91 bits per heavy atom. The molecule has 0 aromatic heterocycles. The van der Waals surface area contributed by atoms with Crippen molar-refractivity contribution in [2.75, 3.05) is 25.9 Å². The number of halogens is 1. The zero-order chi connectivity index (χ0) is 15.9. The van der Waals surface area contributed by atoms with Crippen molar-refractivity contribution in [1.82, 2.24) is 10.6 Å². The van der Waals surface area contributed by atoms with E-state index in [0.29, 0.717) is 22.9 Å². The number of nitro benzene ring substituents is 1. The lowest BCUT2D eigenvalue weighted by Gasteiger charge is -2.22. The summed E-state index contributed by atoms with van der Waals surface area (Å²) in [5.41, 5.74) is 0.322. The number of hydrogen-bond acceptors (Lipinski definition) is 5. The van der Waals surface area contributed by atoms with Crippen molar-refractivity contribution in [3.63, 3.8) is 0 Å². The summed E-state index contributed by atoms with van der Waals surface area (Å²) in [7, 11) is 0. The molecule has 0 bridgehead atoms. The molecular weight excluding hydrogens is 338 g/mol. The van der Waals surface area contributed by atoms with E-state index in [1.54, 1.807) is 18.4 Å². The highest BCUT2D eigenvalue weighted by molar-refractivity contribution is 7.98. The number of nitrogens with zero attached hydrogens (tertiary/aromatic N) is 1. The molecule has 128 valence electrons. The molecule has 1 aromatic rings. The van der Waals surface area contributed by atoms with E-state index in [9.17, 15) is 14.9 Å². The number of rotatable bonds is 6. The molecule has 1 heterocycles. The maximum atomic E-state index is 12.1. The van der Waals surface area contributed by atoms with Crippen LogP contribution in [0, 0.1) is 16.0 Å². The zero-order valence-corrected chi connectivity index (χ0v) is 14.7.